The Morgan fingerprint density at radius 3 is 2.59 bits per heavy atom. The molecule has 1 aromatic carbocycles. The molecule has 7 heteroatoms. The molecular formula is C32H48N4O3. The Bertz CT molecular complexity index is 1170. The first-order chi connectivity index (χ1) is 18.7. The maximum absolute atomic E-state index is 12.1. The number of rotatable bonds is 9. The van der Waals surface area contributed by atoms with E-state index in [1.54, 1.807) is 7.11 Å². The number of aryl methyl sites for hydroxylation is 2. The highest BCUT2D eigenvalue weighted by Crippen LogP contribution is 2.51. The van der Waals surface area contributed by atoms with Crippen LogP contribution >= 0.6 is 0 Å². The summed E-state index contributed by atoms with van der Waals surface area (Å²) in [5.41, 5.74) is 5.69. The van der Waals surface area contributed by atoms with Crippen LogP contribution in [0.5, 0.6) is 5.88 Å². The van der Waals surface area contributed by atoms with E-state index in [-0.39, 0.29) is 17.4 Å². The molecule has 0 amide bonds. The Labute approximate surface area is 234 Å². The number of aliphatic carboxylic acids is 1. The predicted octanol–water partition coefficient (Wildman–Crippen LogP) is 5.10. The van der Waals surface area contributed by atoms with E-state index >= 15 is 0 Å². The monoisotopic (exact) mass is 536 g/mol. The number of piperidine rings is 1. The number of hydrogen-bond acceptors (Lipinski definition) is 5. The number of carboxylic acids is 1. The number of carbonyl (C=O) groups is 1. The SMILES string of the molecule is CCn1nc(OC)c2c1CCC21CCN(C[C@H]2C[C@H](N(C)[C@@H](C(=O)O)C(C)C)C[C@@H]2c2cccc(C)c2)CC1. The number of benzene rings is 1. The van der Waals surface area contributed by atoms with Crippen LogP contribution in [0, 0.1) is 18.8 Å². The summed E-state index contributed by atoms with van der Waals surface area (Å²) in [6.45, 7) is 12.6. The fourth-order valence-electron chi connectivity index (χ4n) is 8.24. The van der Waals surface area contributed by atoms with Gasteiger partial charge in [-0.05, 0) is 95.8 Å². The van der Waals surface area contributed by atoms with E-state index in [2.05, 4.69) is 52.6 Å². The van der Waals surface area contributed by atoms with Crippen molar-refractivity contribution < 1.29 is 14.6 Å². The lowest BCUT2D eigenvalue weighted by atomic mass is 9.74. The Morgan fingerprint density at radius 1 is 1.23 bits per heavy atom. The van der Waals surface area contributed by atoms with Crippen molar-refractivity contribution in [2.45, 2.75) is 96.2 Å². The summed E-state index contributed by atoms with van der Waals surface area (Å²) in [5, 5.41) is 14.8. The number of fused-ring (bicyclic) bond motifs is 2. The molecule has 2 heterocycles. The minimum atomic E-state index is -0.706. The molecule has 4 atom stereocenters. The number of aromatic nitrogens is 2. The van der Waals surface area contributed by atoms with Gasteiger partial charge >= 0.3 is 5.97 Å². The van der Waals surface area contributed by atoms with Gasteiger partial charge in [0.15, 0.2) is 0 Å². The third-order valence-electron chi connectivity index (χ3n) is 10.2. The first kappa shape index (κ1) is 28.2. The number of ether oxygens (including phenoxy) is 1. The summed E-state index contributed by atoms with van der Waals surface area (Å²) in [4.78, 5) is 17.0. The molecule has 1 saturated heterocycles. The Kier molecular flexibility index (Phi) is 8.12. The summed E-state index contributed by atoms with van der Waals surface area (Å²) in [6, 6.07) is 8.82. The van der Waals surface area contributed by atoms with Crippen molar-refractivity contribution in [3.05, 3.63) is 46.6 Å². The van der Waals surface area contributed by atoms with E-state index in [1.165, 1.54) is 28.8 Å². The van der Waals surface area contributed by atoms with Gasteiger partial charge in [-0.15, -0.1) is 5.10 Å². The Balaban J connectivity index is 1.32. The summed E-state index contributed by atoms with van der Waals surface area (Å²) in [6.07, 6.45) is 6.70. The summed E-state index contributed by atoms with van der Waals surface area (Å²) < 4.78 is 7.92. The lowest BCUT2D eigenvalue weighted by Gasteiger charge is -2.41. The molecule has 1 saturated carbocycles. The molecule has 2 aliphatic carbocycles. The number of likely N-dealkylation sites (N-methyl/N-ethyl adjacent to an activating group) is 1. The van der Waals surface area contributed by atoms with Gasteiger partial charge in [0.2, 0.25) is 5.88 Å². The van der Waals surface area contributed by atoms with Crippen LogP contribution in [0.2, 0.25) is 0 Å². The fraction of sp³-hybridized carbons (Fsp3) is 0.688. The molecule has 1 N–H and O–H groups in total. The first-order valence-corrected chi connectivity index (χ1v) is 15.0. The van der Waals surface area contributed by atoms with E-state index < -0.39 is 12.0 Å². The molecular weight excluding hydrogens is 488 g/mol. The molecule has 5 rings (SSSR count). The second kappa shape index (κ2) is 11.2. The average molecular weight is 537 g/mol. The largest absolute Gasteiger partial charge is 0.480 e. The third-order valence-corrected chi connectivity index (χ3v) is 10.2. The molecule has 39 heavy (non-hydrogen) atoms. The van der Waals surface area contributed by atoms with Crippen molar-refractivity contribution in [2.75, 3.05) is 33.8 Å². The van der Waals surface area contributed by atoms with E-state index in [0.717, 1.165) is 64.2 Å². The maximum atomic E-state index is 12.1. The minimum Gasteiger partial charge on any atom is -0.480 e. The highest BCUT2D eigenvalue weighted by molar-refractivity contribution is 5.73. The van der Waals surface area contributed by atoms with Crippen molar-refractivity contribution in [1.29, 1.82) is 0 Å². The molecule has 3 aliphatic rings. The van der Waals surface area contributed by atoms with Gasteiger partial charge in [-0.2, -0.15) is 0 Å². The summed E-state index contributed by atoms with van der Waals surface area (Å²) in [5.74, 6) is 1.19. The zero-order valence-corrected chi connectivity index (χ0v) is 24.8. The van der Waals surface area contributed by atoms with Crippen molar-refractivity contribution in [3.63, 3.8) is 0 Å². The van der Waals surface area contributed by atoms with Crippen molar-refractivity contribution in [3.8, 4) is 5.88 Å². The second-order valence-corrected chi connectivity index (χ2v) is 12.8. The van der Waals surface area contributed by atoms with Gasteiger partial charge in [0, 0.05) is 35.8 Å². The van der Waals surface area contributed by atoms with Gasteiger partial charge in [-0.25, -0.2) is 0 Å². The number of carboxylic acid groups (broad SMARTS) is 1. The van der Waals surface area contributed by atoms with Gasteiger partial charge in [0.1, 0.15) is 6.04 Å². The lowest BCUT2D eigenvalue weighted by molar-refractivity contribution is -0.145. The Hall–Kier alpha value is -2.38. The number of hydrogen-bond donors (Lipinski definition) is 1. The fourth-order valence-corrected chi connectivity index (χ4v) is 8.24. The van der Waals surface area contributed by atoms with Crippen molar-refractivity contribution >= 4 is 5.97 Å². The molecule has 2 aromatic rings. The van der Waals surface area contributed by atoms with Gasteiger partial charge in [0.25, 0.3) is 0 Å². The van der Waals surface area contributed by atoms with Crippen molar-refractivity contribution in [1.82, 2.24) is 19.6 Å². The van der Waals surface area contributed by atoms with E-state index in [9.17, 15) is 9.90 Å². The summed E-state index contributed by atoms with van der Waals surface area (Å²) in [7, 11) is 3.79. The highest BCUT2D eigenvalue weighted by Gasteiger charge is 2.47. The predicted molar refractivity (Wildman–Crippen MR) is 155 cm³/mol. The summed E-state index contributed by atoms with van der Waals surface area (Å²) >= 11 is 0. The van der Waals surface area contributed by atoms with Gasteiger partial charge in [-0.3, -0.25) is 14.4 Å². The first-order valence-electron chi connectivity index (χ1n) is 15.0. The molecule has 0 radical (unpaired) electrons. The molecule has 0 bridgehead atoms. The molecule has 2 fully saturated rings. The van der Waals surface area contributed by atoms with Crippen LogP contribution in [0.1, 0.15) is 81.2 Å². The zero-order chi connectivity index (χ0) is 27.9. The third kappa shape index (κ3) is 5.24. The lowest BCUT2D eigenvalue weighted by Crippen LogP contribution is -2.47. The maximum Gasteiger partial charge on any atom is 0.321 e. The quantitative estimate of drug-likeness (QED) is 0.481. The smallest absolute Gasteiger partial charge is 0.321 e. The number of nitrogens with zero attached hydrogens (tertiary/aromatic N) is 4. The molecule has 1 aliphatic heterocycles. The van der Waals surface area contributed by atoms with Crippen LogP contribution in [0.15, 0.2) is 24.3 Å². The molecule has 214 valence electrons. The van der Waals surface area contributed by atoms with E-state index in [0.29, 0.717) is 11.8 Å². The van der Waals surface area contributed by atoms with Gasteiger partial charge in [0.05, 0.1) is 7.11 Å². The normalized spacial score (nSPS) is 25.5. The topological polar surface area (TPSA) is 70.8 Å². The average Bonchev–Trinajstić information content (AvgIpc) is 3.59. The molecule has 0 unspecified atom stereocenters. The van der Waals surface area contributed by atoms with Crippen LogP contribution in [0.25, 0.3) is 0 Å². The minimum absolute atomic E-state index is 0.0765. The number of methoxy groups -OCH3 is 1. The van der Waals surface area contributed by atoms with Gasteiger partial charge < -0.3 is 14.7 Å². The zero-order valence-electron chi connectivity index (χ0n) is 24.8. The number of likely N-dealkylation sites (tertiary alicyclic amines) is 1. The Morgan fingerprint density at radius 2 is 1.97 bits per heavy atom. The highest BCUT2D eigenvalue weighted by atomic mass is 16.5. The van der Waals surface area contributed by atoms with Crippen LogP contribution in [-0.2, 0) is 23.2 Å². The van der Waals surface area contributed by atoms with Crippen LogP contribution in [0.4, 0.5) is 0 Å². The van der Waals surface area contributed by atoms with Crippen LogP contribution < -0.4 is 4.74 Å². The second-order valence-electron chi connectivity index (χ2n) is 12.8. The molecule has 1 spiro atoms. The molecule has 7 nitrogen and oxygen atoms in total. The van der Waals surface area contributed by atoms with Crippen molar-refractivity contribution in [2.24, 2.45) is 11.8 Å². The van der Waals surface area contributed by atoms with Gasteiger partial charge in [-0.1, -0.05) is 43.7 Å². The van der Waals surface area contributed by atoms with E-state index in [4.69, 9.17) is 9.84 Å². The molecule has 1 aromatic heterocycles. The van der Waals surface area contributed by atoms with E-state index in [1.807, 2.05) is 20.9 Å². The van der Waals surface area contributed by atoms with Crippen LogP contribution in [0.3, 0.4) is 0 Å². The van der Waals surface area contributed by atoms with Crippen LogP contribution in [-0.4, -0.2) is 76.5 Å². The standard InChI is InChI=1S/C32H48N4O3/c1-7-36-27-11-12-32(28(27)30(33-36)39-6)13-15-35(16-14-32)20-24-18-25(34(5)29(21(2)3)31(37)38)19-26(24)23-10-8-9-22(4)17-23/h8-10,17,21,24-26,29H,7,11-16,18-20H2,1-6H3,(H,37,38)/t24-,25+,26-,29-/m1/s1.